The SMILES string of the molecule is CCCN(CCC)c1ccc(NC(=O)c2ccc3c(c2)OCO3)cn1. The van der Waals surface area contributed by atoms with E-state index in [1.165, 1.54) is 0 Å². The van der Waals surface area contributed by atoms with E-state index in [-0.39, 0.29) is 12.7 Å². The summed E-state index contributed by atoms with van der Waals surface area (Å²) in [6.07, 6.45) is 3.84. The first-order chi connectivity index (χ1) is 12.2. The minimum absolute atomic E-state index is 0.192. The molecule has 0 bridgehead atoms. The molecule has 0 fully saturated rings. The van der Waals surface area contributed by atoms with E-state index in [0.717, 1.165) is 31.7 Å². The van der Waals surface area contributed by atoms with Crippen molar-refractivity contribution >= 4 is 17.4 Å². The number of anilines is 2. The Labute approximate surface area is 147 Å². The summed E-state index contributed by atoms with van der Waals surface area (Å²) in [6.45, 7) is 6.45. The summed E-state index contributed by atoms with van der Waals surface area (Å²) in [7, 11) is 0. The van der Waals surface area contributed by atoms with E-state index in [2.05, 4.69) is 29.0 Å². The van der Waals surface area contributed by atoms with E-state index in [0.29, 0.717) is 22.7 Å². The first kappa shape index (κ1) is 17.1. The summed E-state index contributed by atoms with van der Waals surface area (Å²) in [5.41, 5.74) is 1.19. The highest BCUT2D eigenvalue weighted by molar-refractivity contribution is 6.04. The molecule has 1 N–H and O–H groups in total. The zero-order valence-electron chi connectivity index (χ0n) is 14.6. The number of pyridine rings is 1. The Bertz CT molecular complexity index is 725. The number of fused-ring (bicyclic) bond motifs is 1. The van der Waals surface area contributed by atoms with E-state index >= 15 is 0 Å². The smallest absolute Gasteiger partial charge is 0.255 e. The average Bonchev–Trinajstić information content (AvgIpc) is 3.10. The van der Waals surface area contributed by atoms with Crippen LogP contribution in [0.4, 0.5) is 11.5 Å². The van der Waals surface area contributed by atoms with E-state index in [9.17, 15) is 4.79 Å². The molecular formula is C19H23N3O3. The number of carbonyl (C=O) groups excluding carboxylic acids is 1. The fourth-order valence-corrected chi connectivity index (χ4v) is 2.77. The molecule has 3 rings (SSSR count). The molecule has 1 aromatic heterocycles. The van der Waals surface area contributed by atoms with Gasteiger partial charge in [-0.15, -0.1) is 0 Å². The third kappa shape index (κ3) is 4.02. The molecule has 1 amide bonds. The van der Waals surface area contributed by atoms with E-state index in [1.54, 1.807) is 24.4 Å². The van der Waals surface area contributed by atoms with Crippen molar-refractivity contribution in [1.82, 2.24) is 4.98 Å². The van der Waals surface area contributed by atoms with Gasteiger partial charge in [0, 0.05) is 18.7 Å². The van der Waals surface area contributed by atoms with Gasteiger partial charge in [-0.2, -0.15) is 0 Å². The van der Waals surface area contributed by atoms with E-state index < -0.39 is 0 Å². The number of benzene rings is 1. The highest BCUT2D eigenvalue weighted by Crippen LogP contribution is 2.32. The lowest BCUT2D eigenvalue weighted by molar-refractivity contribution is 0.102. The number of nitrogens with zero attached hydrogens (tertiary/aromatic N) is 2. The third-order valence-corrected chi connectivity index (χ3v) is 3.95. The maximum atomic E-state index is 12.4. The minimum Gasteiger partial charge on any atom is -0.454 e. The second kappa shape index (κ2) is 7.88. The summed E-state index contributed by atoms with van der Waals surface area (Å²) < 4.78 is 10.6. The summed E-state index contributed by atoms with van der Waals surface area (Å²) in [5.74, 6) is 1.99. The Balaban J connectivity index is 1.67. The molecule has 0 unspecified atom stereocenters. The Morgan fingerprint density at radius 1 is 1.12 bits per heavy atom. The van der Waals surface area contributed by atoms with Gasteiger partial charge < -0.3 is 19.7 Å². The van der Waals surface area contributed by atoms with Gasteiger partial charge in [-0.3, -0.25) is 4.79 Å². The predicted molar refractivity (Wildman–Crippen MR) is 97.6 cm³/mol. The molecule has 2 aromatic rings. The summed E-state index contributed by atoms with van der Waals surface area (Å²) in [5, 5.41) is 2.86. The average molecular weight is 341 g/mol. The van der Waals surface area contributed by atoms with Gasteiger partial charge in [-0.1, -0.05) is 13.8 Å². The lowest BCUT2D eigenvalue weighted by Gasteiger charge is -2.22. The van der Waals surface area contributed by atoms with Crippen LogP contribution in [-0.4, -0.2) is 30.8 Å². The van der Waals surface area contributed by atoms with Crippen molar-refractivity contribution in [2.75, 3.05) is 30.1 Å². The van der Waals surface area contributed by atoms with Gasteiger partial charge in [0.25, 0.3) is 5.91 Å². The molecule has 1 aliphatic heterocycles. The maximum absolute atomic E-state index is 12.4. The van der Waals surface area contributed by atoms with Crippen LogP contribution in [0.2, 0.25) is 0 Å². The summed E-state index contributed by atoms with van der Waals surface area (Å²) >= 11 is 0. The fourth-order valence-electron chi connectivity index (χ4n) is 2.77. The molecule has 1 aliphatic rings. The van der Waals surface area contributed by atoms with Gasteiger partial charge in [0.15, 0.2) is 11.5 Å². The van der Waals surface area contributed by atoms with Crippen LogP contribution >= 0.6 is 0 Å². The number of amides is 1. The van der Waals surface area contributed by atoms with Crippen LogP contribution in [0, 0.1) is 0 Å². The van der Waals surface area contributed by atoms with Crippen LogP contribution in [0.15, 0.2) is 36.5 Å². The van der Waals surface area contributed by atoms with E-state index in [4.69, 9.17) is 9.47 Å². The van der Waals surface area contributed by atoms with Crippen molar-refractivity contribution in [3.05, 3.63) is 42.1 Å². The van der Waals surface area contributed by atoms with Crippen molar-refractivity contribution in [1.29, 1.82) is 0 Å². The van der Waals surface area contributed by atoms with Gasteiger partial charge in [-0.05, 0) is 43.2 Å². The lowest BCUT2D eigenvalue weighted by atomic mass is 10.2. The molecule has 0 spiro atoms. The number of hydrogen-bond acceptors (Lipinski definition) is 5. The molecule has 0 saturated heterocycles. The topological polar surface area (TPSA) is 63.7 Å². The molecule has 1 aromatic carbocycles. The third-order valence-electron chi connectivity index (χ3n) is 3.95. The molecule has 6 heteroatoms. The molecule has 25 heavy (non-hydrogen) atoms. The molecule has 2 heterocycles. The number of aromatic nitrogens is 1. The Kier molecular flexibility index (Phi) is 5.38. The molecule has 0 aliphatic carbocycles. The molecule has 132 valence electrons. The van der Waals surface area contributed by atoms with Crippen LogP contribution in [0.1, 0.15) is 37.0 Å². The molecule has 0 saturated carbocycles. The molecular weight excluding hydrogens is 318 g/mol. The second-order valence-corrected chi connectivity index (χ2v) is 5.91. The van der Waals surface area contributed by atoms with Gasteiger partial charge in [-0.25, -0.2) is 4.98 Å². The number of hydrogen-bond donors (Lipinski definition) is 1. The summed E-state index contributed by atoms with van der Waals surface area (Å²) in [4.78, 5) is 19.1. The van der Waals surface area contributed by atoms with Gasteiger partial charge in [0.05, 0.1) is 11.9 Å². The lowest BCUT2D eigenvalue weighted by Crippen LogP contribution is -2.25. The zero-order valence-corrected chi connectivity index (χ0v) is 14.6. The second-order valence-electron chi connectivity index (χ2n) is 5.91. The Morgan fingerprint density at radius 3 is 2.56 bits per heavy atom. The normalized spacial score (nSPS) is 12.1. The van der Waals surface area contributed by atoms with Crippen molar-refractivity contribution in [2.45, 2.75) is 26.7 Å². The first-order valence-electron chi connectivity index (χ1n) is 8.63. The van der Waals surface area contributed by atoms with Crippen LogP contribution in [0.25, 0.3) is 0 Å². The monoisotopic (exact) mass is 341 g/mol. The molecule has 0 atom stereocenters. The van der Waals surface area contributed by atoms with Crippen LogP contribution in [0.5, 0.6) is 11.5 Å². The standard InChI is InChI=1S/C19H23N3O3/c1-3-9-22(10-4-2)18-8-6-15(12-20-18)21-19(23)14-5-7-16-17(11-14)25-13-24-16/h5-8,11-12H,3-4,9-10,13H2,1-2H3,(H,21,23). The molecule has 0 radical (unpaired) electrons. The highest BCUT2D eigenvalue weighted by atomic mass is 16.7. The minimum atomic E-state index is -0.202. The fraction of sp³-hybridized carbons (Fsp3) is 0.368. The van der Waals surface area contributed by atoms with Gasteiger partial charge in [0.1, 0.15) is 5.82 Å². The summed E-state index contributed by atoms with van der Waals surface area (Å²) in [6, 6.07) is 8.97. The first-order valence-corrected chi connectivity index (χ1v) is 8.63. The van der Waals surface area contributed by atoms with Crippen LogP contribution in [-0.2, 0) is 0 Å². The highest BCUT2D eigenvalue weighted by Gasteiger charge is 2.16. The van der Waals surface area contributed by atoms with Gasteiger partial charge in [0.2, 0.25) is 6.79 Å². The number of carbonyl (C=O) groups is 1. The predicted octanol–water partition coefficient (Wildman–Crippen LogP) is 3.69. The largest absolute Gasteiger partial charge is 0.454 e. The van der Waals surface area contributed by atoms with Gasteiger partial charge >= 0.3 is 0 Å². The van der Waals surface area contributed by atoms with Crippen molar-refractivity contribution < 1.29 is 14.3 Å². The Morgan fingerprint density at radius 2 is 1.88 bits per heavy atom. The number of rotatable bonds is 7. The zero-order chi connectivity index (χ0) is 17.6. The van der Waals surface area contributed by atoms with Crippen molar-refractivity contribution in [3.63, 3.8) is 0 Å². The van der Waals surface area contributed by atoms with Crippen molar-refractivity contribution in [3.8, 4) is 11.5 Å². The van der Waals surface area contributed by atoms with Crippen LogP contribution < -0.4 is 19.7 Å². The van der Waals surface area contributed by atoms with E-state index in [1.807, 2.05) is 12.1 Å². The van der Waals surface area contributed by atoms with Crippen molar-refractivity contribution in [2.24, 2.45) is 0 Å². The molecule has 6 nitrogen and oxygen atoms in total. The Hall–Kier alpha value is -2.76. The number of nitrogens with one attached hydrogen (secondary N) is 1. The quantitative estimate of drug-likeness (QED) is 0.832. The maximum Gasteiger partial charge on any atom is 0.255 e. The van der Waals surface area contributed by atoms with Crippen LogP contribution in [0.3, 0.4) is 0 Å². The number of ether oxygens (including phenoxy) is 2.